The van der Waals surface area contributed by atoms with E-state index in [4.69, 9.17) is 4.74 Å². The van der Waals surface area contributed by atoms with Gasteiger partial charge in [0.15, 0.2) is 0 Å². The van der Waals surface area contributed by atoms with Gasteiger partial charge in [-0.1, -0.05) is 40.2 Å². The summed E-state index contributed by atoms with van der Waals surface area (Å²) in [5.41, 5.74) is 3.91. The molecular formula is C15H14BrNO. The summed E-state index contributed by atoms with van der Waals surface area (Å²) >= 11 is 3.38. The predicted molar refractivity (Wildman–Crippen MR) is 75.3 cm³/mol. The molecule has 1 heterocycles. The molecule has 18 heavy (non-hydrogen) atoms. The lowest BCUT2D eigenvalue weighted by Crippen LogP contribution is -2.23. The molecule has 0 saturated heterocycles. The Kier molecular flexibility index (Phi) is 3.33. The van der Waals surface area contributed by atoms with Crippen molar-refractivity contribution in [1.29, 1.82) is 0 Å². The summed E-state index contributed by atoms with van der Waals surface area (Å²) in [6.45, 7) is 0.742. The van der Waals surface area contributed by atoms with E-state index in [-0.39, 0.29) is 0 Å². The van der Waals surface area contributed by atoms with Crippen molar-refractivity contribution < 1.29 is 4.74 Å². The maximum absolute atomic E-state index is 5.79. The lowest BCUT2D eigenvalue weighted by Gasteiger charge is -2.29. The highest BCUT2D eigenvalue weighted by atomic mass is 79.9. The number of aromatic nitrogens is 1. The van der Waals surface area contributed by atoms with Gasteiger partial charge in [-0.25, -0.2) is 0 Å². The second-order valence-corrected chi connectivity index (χ2v) is 5.09. The molecule has 2 aromatic rings. The number of ether oxygens (including phenoxy) is 1. The number of benzene rings is 1. The van der Waals surface area contributed by atoms with Crippen LogP contribution in [0.5, 0.6) is 5.75 Å². The van der Waals surface area contributed by atoms with Crippen LogP contribution in [0.1, 0.15) is 22.7 Å². The van der Waals surface area contributed by atoms with E-state index in [1.165, 1.54) is 11.1 Å². The van der Waals surface area contributed by atoms with Crippen LogP contribution in [0.4, 0.5) is 0 Å². The van der Waals surface area contributed by atoms with Crippen LogP contribution in [0.25, 0.3) is 0 Å². The van der Waals surface area contributed by atoms with Gasteiger partial charge in [-0.15, -0.1) is 0 Å². The van der Waals surface area contributed by atoms with Gasteiger partial charge >= 0.3 is 0 Å². The molecule has 3 rings (SSSR count). The van der Waals surface area contributed by atoms with Gasteiger partial charge in [0.05, 0.1) is 18.5 Å². The first-order valence-electron chi connectivity index (χ1n) is 6.08. The predicted octanol–water partition coefficient (Wildman–Crippen LogP) is 3.70. The van der Waals surface area contributed by atoms with Crippen LogP contribution in [-0.2, 0) is 11.8 Å². The minimum atomic E-state index is 0.539. The molecule has 3 heteroatoms. The molecule has 0 bridgehead atoms. The zero-order chi connectivity index (χ0) is 12.4. The molecule has 1 unspecified atom stereocenters. The second-order valence-electron chi connectivity index (χ2n) is 4.53. The summed E-state index contributed by atoms with van der Waals surface area (Å²) in [5.74, 6) is 1.39. The average molecular weight is 304 g/mol. The fraction of sp³-hybridized carbons (Fsp3) is 0.267. The number of rotatable bonds is 4. The highest BCUT2D eigenvalue weighted by Crippen LogP contribution is 2.34. The second kappa shape index (κ2) is 5.11. The van der Waals surface area contributed by atoms with Crippen molar-refractivity contribution in [2.45, 2.75) is 17.7 Å². The van der Waals surface area contributed by atoms with Crippen molar-refractivity contribution in [2.75, 3.05) is 6.61 Å². The van der Waals surface area contributed by atoms with Crippen LogP contribution in [0, 0.1) is 0 Å². The summed E-state index contributed by atoms with van der Waals surface area (Å²) in [7, 11) is 0. The van der Waals surface area contributed by atoms with Crippen molar-refractivity contribution in [1.82, 2.24) is 4.98 Å². The first-order valence-corrected chi connectivity index (χ1v) is 7.20. The van der Waals surface area contributed by atoms with Crippen LogP contribution in [0.3, 0.4) is 0 Å². The summed E-state index contributed by atoms with van der Waals surface area (Å²) in [4.78, 5) is 4.29. The number of nitrogens with zero attached hydrogens (tertiary/aromatic N) is 1. The van der Waals surface area contributed by atoms with Crippen molar-refractivity contribution in [3.8, 4) is 5.75 Å². The molecular weight excluding hydrogens is 290 g/mol. The van der Waals surface area contributed by atoms with E-state index < -0.39 is 0 Å². The maximum Gasteiger partial charge on any atom is 0.137 e. The van der Waals surface area contributed by atoms with Gasteiger partial charge < -0.3 is 4.74 Å². The van der Waals surface area contributed by atoms with E-state index in [0.29, 0.717) is 5.92 Å². The molecule has 1 aromatic heterocycles. The maximum atomic E-state index is 5.79. The van der Waals surface area contributed by atoms with Crippen LogP contribution in [0.2, 0.25) is 0 Å². The molecule has 92 valence electrons. The first kappa shape index (κ1) is 11.7. The van der Waals surface area contributed by atoms with E-state index in [1.54, 1.807) is 6.20 Å². The number of hydrogen-bond acceptors (Lipinski definition) is 2. The van der Waals surface area contributed by atoms with Crippen LogP contribution in [0.15, 0.2) is 42.6 Å². The third kappa shape index (κ3) is 2.27. The number of alkyl halides is 1. The summed E-state index contributed by atoms with van der Waals surface area (Å²) in [6, 6.07) is 12.5. The Balaban J connectivity index is 1.59. The molecule has 0 spiro atoms. The van der Waals surface area contributed by atoms with Crippen molar-refractivity contribution in [3.05, 3.63) is 59.4 Å². The normalized spacial score (nSPS) is 16.8. The van der Waals surface area contributed by atoms with E-state index in [0.717, 1.165) is 29.8 Å². The molecule has 0 fully saturated rings. The van der Waals surface area contributed by atoms with E-state index in [1.807, 2.05) is 12.1 Å². The third-order valence-corrected chi connectivity index (χ3v) is 3.92. The van der Waals surface area contributed by atoms with Gasteiger partial charge in [-0.05, 0) is 29.7 Å². The van der Waals surface area contributed by atoms with Crippen molar-refractivity contribution >= 4 is 15.9 Å². The van der Waals surface area contributed by atoms with Crippen LogP contribution >= 0.6 is 15.9 Å². The topological polar surface area (TPSA) is 22.1 Å². The van der Waals surface area contributed by atoms with Gasteiger partial charge in [-0.2, -0.15) is 0 Å². The van der Waals surface area contributed by atoms with E-state index >= 15 is 0 Å². The monoisotopic (exact) mass is 303 g/mol. The Hall–Kier alpha value is -1.35. The van der Waals surface area contributed by atoms with Gasteiger partial charge in [0.25, 0.3) is 0 Å². The molecule has 0 saturated carbocycles. The van der Waals surface area contributed by atoms with Gasteiger partial charge in [0, 0.05) is 11.2 Å². The van der Waals surface area contributed by atoms with E-state index in [9.17, 15) is 0 Å². The number of halogens is 1. The van der Waals surface area contributed by atoms with Gasteiger partial charge in [0.2, 0.25) is 0 Å². The Bertz CT molecular complexity index is 538. The Morgan fingerprint density at radius 1 is 1.22 bits per heavy atom. The molecule has 0 radical (unpaired) electrons. The zero-order valence-electron chi connectivity index (χ0n) is 9.97. The molecule has 1 aromatic carbocycles. The third-order valence-electron chi connectivity index (χ3n) is 3.35. The number of fused-ring (bicyclic) bond motifs is 1. The summed E-state index contributed by atoms with van der Waals surface area (Å²) in [6.07, 6.45) is 2.92. The molecule has 0 N–H and O–H groups in total. The van der Waals surface area contributed by atoms with E-state index in [2.05, 4.69) is 45.2 Å². The SMILES string of the molecule is BrCc1ccc(OCC2Cc3ccccc32)cn1. The smallest absolute Gasteiger partial charge is 0.137 e. The molecule has 2 nitrogen and oxygen atoms in total. The minimum absolute atomic E-state index is 0.539. The Morgan fingerprint density at radius 3 is 2.83 bits per heavy atom. The highest BCUT2D eigenvalue weighted by molar-refractivity contribution is 9.08. The van der Waals surface area contributed by atoms with Crippen LogP contribution in [-0.4, -0.2) is 11.6 Å². The fourth-order valence-electron chi connectivity index (χ4n) is 2.28. The lowest BCUT2D eigenvalue weighted by molar-refractivity contribution is 0.274. The lowest BCUT2D eigenvalue weighted by atomic mass is 9.78. The number of hydrogen-bond donors (Lipinski definition) is 0. The summed E-state index contributed by atoms with van der Waals surface area (Å²) in [5, 5.41) is 0.781. The van der Waals surface area contributed by atoms with Gasteiger partial charge in [-0.3, -0.25) is 4.98 Å². The molecule has 0 amide bonds. The summed E-state index contributed by atoms with van der Waals surface area (Å²) < 4.78 is 5.79. The van der Waals surface area contributed by atoms with Gasteiger partial charge in [0.1, 0.15) is 5.75 Å². The minimum Gasteiger partial charge on any atom is -0.491 e. The average Bonchev–Trinajstić information content (AvgIpc) is 2.40. The quantitative estimate of drug-likeness (QED) is 0.804. The Morgan fingerprint density at radius 2 is 2.11 bits per heavy atom. The molecule has 1 aliphatic rings. The first-order chi connectivity index (χ1) is 8.86. The van der Waals surface area contributed by atoms with Crippen LogP contribution < -0.4 is 4.74 Å². The molecule has 1 atom stereocenters. The standard InChI is InChI=1S/C15H14BrNO/c16-8-13-5-6-14(9-17-13)18-10-12-7-11-3-1-2-4-15(11)12/h1-6,9,12H,7-8,10H2. The Labute approximate surface area is 115 Å². The number of pyridine rings is 1. The molecule has 1 aliphatic carbocycles. The fourth-order valence-corrected chi connectivity index (χ4v) is 2.62. The van der Waals surface area contributed by atoms with Crippen molar-refractivity contribution in [2.24, 2.45) is 0 Å². The zero-order valence-corrected chi connectivity index (χ0v) is 11.6. The van der Waals surface area contributed by atoms with Crippen molar-refractivity contribution in [3.63, 3.8) is 0 Å². The largest absolute Gasteiger partial charge is 0.491 e. The highest BCUT2D eigenvalue weighted by Gasteiger charge is 2.25. The molecule has 0 aliphatic heterocycles.